The minimum Gasteiger partial charge on any atom is -0.462 e. The minimum absolute atomic E-state index is 0.105. The van der Waals surface area contributed by atoms with E-state index < -0.39 is 68.4 Å². The molecular weight excluding hydrogens is 529 g/mol. The molecule has 1 aliphatic rings. The van der Waals surface area contributed by atoms with Crippen LogP contribution >= 0.6 is 7.75 Å². The number of carbonyl (C=O) groups excluding carboxylic acids is 1. The number of carbonyl (C=O) groups is 1. The summed E-state index contributed by atoms with van der Waals surface area (Å²) in [6.45, 7) is 4.18. The number of aliphatic hydroxyl groups excluding tert-OH is 1. The SMILES string of the molecule is CC(C)OC(=O)[C@H](C)N[P@@](=O)(Oc1ccccc1)O[C@H](C)[C@H]1O[C@@H](n2ccc(N)nc2=O)[C@@](F)(CF)C1O. The molecule has 1 aromatic carbocycles. The number of alkyl halides is 2. The number of nitrogen functional groups attached to an aromatic ring is 1. The number of aliphatic hydroxyl groups is 1. The zero-order valence-electron chi connectivity index (χ0n) is 21.2. The summed E-state index contributed by atoms with van der Waals surface area (Å²) in [5.41, 5.74) is 1.34. The molecule has 38 heavy (non-hydrogen) atoms. The number of nitrogens with one attached hydrogen (secondary N) is 1. The fourth-order valence-electron chi connectivity index (χ4n) is 3.77. The smallest absolute Gasteiger partial charge is 0.459 e. The van der Waals surface area contributed by atoms with E-state index in [2.05, 4.69) is 10.1 Å². The van der Waals surface area contributed by atoms with Gasteiger partial charge >= 0.3 is 19.4 Å². The molecule has 210 valence electrons. The Hall–Kier alpha value is -2.90. The van der Waals surface area contributed by atoms with Crippen molar-refractivity contribution in [1.29, 1.82) is 0 Å². The second kappa shape index (κ2) is 11.9. The average molecular weight is 560 g/mol. The number of ether oxygens (including phenoxy) is 2. The lowest BCUT2D eigenvalue weighted by Crippen LogP contribution is -2.48. The molecule has 2 aromatic rings. The zero-order valence-corrected chi connectivity index (χ0v) is 22.1. The maximum atomic E-state index is 15.7. The van der Waals surface area contributed by atoms with Gasteiger partial charge in [0, 0.05) is 6.20 Å². The van der Waals surface area contributed by atoms with Gasteiger partial charge < -0.3 is 24.8 Å². The molecule has 0 bridgehead atoms. The van der Waals surface area contributed by atoms with Gasteiger partial charge in [0.2, 0.25) is 5.67 Å². The van der Waals surface area contributed by atoms with Crippen LogP contribution in [0.4, 0.5) is 14.6 Å². The quantitative estimate of drug-likeness (QED) is 0.273. The van der Waals surface area contributed by atoms with E-state index in [1.807, 2.05) is 0 Å². The standard InChI is InChI=1S/C23H31F2N4O8P/c1-13(2)34-20(31)14(3)28-38(33,37-16-8-6-5-7-9-16)36-15(4)18-19(30)23(25,12-24)21(35-18)29-11-10-17(26)27-22(29)32/h5-11,13-15,18-19,21,30H,12H2,1-4H3,(H,28,33)(H2,26,27,32)/t14-,15+,18+,19?,21+,23+,38-/m0/s1. The molecule has 0 aliphatic carbocycles. The van der Waals surface area contributed by atoms with Crippen LogP contribution in [0.1, 0.15) is 33.9 Å². The molecule has 4 N–H and O–H groups in total. The molecule has 1 fully saturated rings. The summed E-state index contributed by atoms with van der Waals surface area (Å²) in [6.07, 6.45) is -6.55. The Bertz CT molecular complexity index is 1220. The van der Waals surface area contributed by atoms with E-state index in [9.17, 15) is 23.7 Å². The van der Waals surface area contributed by atoms with Crippen molar-refractivity contribution in [1.82, 2.24) is 14.6 Å². The third-order valence-corrected chi connectivity index (χ3v) is 7.37. The summed E-state index contributed by atoms with van der Waals surface area (Å²) in [4.78, 5) is 28.1. The zero-order chi connectivity index (χ0) is 28.3. The molecule has 0 saturated carbocycles. The van der Waals surface area contributed by atoms with E-state index in [0.717, 1.165) is 6.20 Å². The third-order valence-electron chi connectivity index (χ3n) is 5.60. The number of aromatic nitrogens is 2. The number of halogens is 2. The second-order valence-electron chi connectivity index (χ2n) is 9.05. The molecule has 15 heteroatoms. The number of rotatable bonds is 11. The van der Waals surface area contributed by atoms with Crippen LogP contribution in [0.3, 0.4) is 0 Å². The van der Waals surface area contributed by atoms with Crippen molar-refractivity contribution in [3.05, 3.63) is 53.1 Å². The highest BCUT2D eigenvalue weighted by Crippen LogP contribution is 2.49. The Kier molecular flexibility index (Phi) is 9.26. The highest BCUT2D eigenvalue weighted by Gasteiger charge is 2.61. The van der Waals surface area contributed by atoms with Crippen LogP contribution in [0.5, 0.6) is 5.75 Å². The summed E-state index contributed by atoms with van der Waals surface area (Å²) in [5.74, 6) is -0.799. The van der Waals surface area contributed by atoms with Gasteiger partial charge in [-0.05, 0) is 45.9 Å². The largest absolute Gasteiger partial charge is 0.462 e. The van der Waals surface area contributed by atoms with Crippen LogP contribution in [0, 0.1) is 0 Å². The lowest BCUT2D eigenvalue weighted by Gasteiger charge is -2.29. The molecule has 0 radical (unpaired) electrons. The minimum atomic E-state index is -4.44. The van der Waals surface area contributed by atoms with Crippen molar-refractivity contribution in [3.8, 4) is 5.75 Å². The highest BCUT2D eigenvalue weighted by atomic mass is 31.2. The van der Waals surface area contributed by atoms with Gasteiger partial charge in [-0.15, -0.1) is 0 Å². The molecule has 2 heterocycles. The molecule has 1 aliphatic heterocycles. The first-order chi connectivity index (χ1) is 17.8. The number of hydrogen-bond acceptors (Lipinski definition) is 10. The van der Waals surface area contributed by atoms with Crippen LogP contribution < -0.4 is 21.0 Å². The molecule has 12 nitrogen and oxygen atoms in total. The number of anilines is 1. The first-order valence-electron chi connectivity index (χ1n) is 11.7. The van der Waals surface area contributed by atoms with Crippen LogP contribution in [0.15, 0.2) is 47.4 Å². The summed E-state index contributed by atoms with van der Waals surface area (Å²) in [6, 6.07) is 7.85. The molecule has 0 spiro atoms. The van der Waals surface area contributed by atoms with E-state index in [-0.39, 0.29) is 11.6 Å². The highest BCUT2D eigenvalue weighted by molar-refractivity contribution is 7.52. The van der Waals surface area contributed by atoms with E-state index in [4.69, 9.17) is 24.3 Å². The van der Waals surface area contributed by atoms with Gasteiger partial charge in [-0.2, -0.15) is 10.1 Å². The van der Waals surface area contributed by atoms with Crippen LogP contribution in [-0.2, 0) is 23.4 Å². The first-order valence-corrected chi connectivity index (χ1v) is 13.3. The van der Waals surface area contributed by atoms with Gasteiger partial charge in [0.05, 0.1) is 12.2 Å². The van der Waals surface area contributed by atoms with Gasteiger partial charge in [0.1, 0.15) is 36.5 Å². The van der Waals surface area contributed by atoms with Gasteiger partial charge in [0.25, 0.3) is 0 Å². The monoisotopic (exact) mass is 560 g/mol. The lowest BCUT2D eigenvalue weighted by molar-refractivity contribution is -0.149. The third kappa shape index (κ3) is 6.56. The number of para-hydroxylation sites is 1. The van der Waals surface area contributed by atoms with Crippen molar-refractivity contribution in [2.45, 2.75) is 70.0 Å². The predicted octanol–water partition coefficient (Wildman–Crippen LogP) is 2.28. The number of benzene rings is 1. The molecule has 3 rings (SSSR count). The Labute approximate surface area is 217 Å². The van der Waals surface area contributed by atoms with Crippen LogP contribution in [0.25, 0.3) is 0 Å². The van der Waals surface area contributed by atoms with Gasteiger partial charge in [-0.1, -0.05) is 18.2 Å². The summed E-state index contributed by atoms with van der Waals surface area (Å²) < 4.78 is 65.9. The second-order valence-corrected chi connectivity index (χ2v) is 10.7. The number of nitrogens with zero attached hydrogens (tertiary/aromatic N) is 2. The topological polar surface area (TPSA) is 164 Å². The molecule has 0 amide bonds. The number of nitrogens with two attached hydrogens (primary N) is 1. The Morgan fingerprint density at radius 1 is 1.29 bits per heavy atom. The lowest BCUT2D eigenvalue weighted by atomic mass is 9.95. The fourth-order valence-corrected chi connectivity index (χ4v) is 5.46. The summed E-state index contributed by atoms with van der Waals surface area (Å²) >= 11 is 0. The van der Waals surface area contributed by atoms with E-state index in [1.165, 1.54) is 32.0 Å². The predicted molar refractivity (Wildman–Crippen MR) is 132 cm³/mol. The van der Waals surface area contributed by atoms with Crippen LogP contribution in [-0.4, -0.2) is 63.4 Å². The number of hydrogen-bond donors (Lipinski definition) is 3. The van der Waals surface area contributed by atoms with Gasteiger partial charge in [-0.3, -0.25) is 13.9 Å². The van der Waals surface area contributed by atoms with Gasteiger partial charge in [0.15, 0.2) is 6.23 Å². The van der Waals surface area contributed by atoms with Crippen molar-refractivity contribution < 1.29 is 41.8 Å². The molecule has 1 unspecified atom stereocenters. The normalized spacial score (nSPS) is 26.5. The summed E-state index contributed by atoms with van der Waals surface area (Å²) in [5, 5.41) is 13.2. The Morgan fingerprint density at radius 2 is 1.95 bits per heavy atom. The van der Waals surface area contributed by atoms with Crippen molar-refractivity contribution >= 4 is 19.5 Å². The van der Waals surface area contributed by atoms with E-state index in [0.29, 0.717) is 4.57 Å². The van der Waals surface area contributed by atoms with E-state index >= 15 is 4.39 Å². The van der Waals surface area contributed by atoms with E-state index in [1.54, 1.807) is 32.0 Å². The van der Waals surface area contributed by atoms with Crippen molar-refractivity contribution in [3.63, 3.8) is 0 Å². The Morgan fingerprint density at radius 3 is 2.53 bits per heavy atom. The van der Waals surface area contributed by atoms with Crippen LogP contribution in [0.2, 0.25) is 0 Å². The molecule has 1 saturated heterocycles. The Balaban J connectivity index is 1.88. The van der Waals surface area contributed by atoms with Gasteiger partial charge in [-0.25, -0.2) is 18.1 Å². The van der Waals surface area contributed by atoms with Crippen molar-refractivity contribution in [2.75, 3.05) is 12.4 Å². The maximum Gasteiger partial charge on any atom is 0.459 e. The maximum absolute atomic E-state index is 15.7. The molecular formula is C23H31F2N4O8P. The average Bonchev–Trinajstić information content (AvgIpc) is 3.10. The molecule has 7 atom stereocenters. The first kappa shape index (κ1) is 29.7. The molecule has 1 aromatic heterocycles. The van der Waals surface area contributed by atoms with Crippen molar-refractivity contribution in [2.24, 2.45) is 0 Å². The summed E-state index contributed by atoms with van der Waals surface area (Å²) in [7, 11) is -4.44. The fraction of sp³-hybridized carbons (Fsp3) is 0.522. The number of esters is 1.